The van der Waals surface area contributed by atoms with Gasteiger partial charge < -0.3 is 14.8 Å². The van der Waals surface area contributed by atoms with Crippen molar-refractivity contribution >= 4 is 18.1 Å². The minimum absolute atomic E-state index is 0.0653. The Labute approximate surface area is 93.4 Å². The van der Waals surface area contributed by atoms with Crippen molar-refractivity contribution in [3.63, 3.8) is 0 Å². The predicted octanol–water partition coefficient (Wildman–Crippen LogP) is 1.41. The van der Waals surface area contributed by atoms with E-state index in [-0.39, 0.29) is 12.7 Å². The zero-order valence-electron chi connectivity index (χ0n) is 8.93. The van der Waals surface area contributed by atoms with Crippen molar-refractivity contribution in [1.82, 2.24) is 0 Å². The number of anilines is 1. The Morgan fingerprint density at radius 2 is 2.31 bits per heavy atom. The zero-order valence-corrected chi connectivity index (χ0v) is 8.93. The highest BCUT2D eigenvalue weighted by Gasteiger charge is 2.06. The van der Waals surface area contributed by atoms with Crippen LogP contribution in [0.1, 0.15) is 17.3 Å². The Hall–Kier alpha value is -2.04. The molecule has 1 N–H and O–H groups in total. The molecule has 0 amide bonds. The maximum atomic E-state index is 11.4. The van der Waals surface area contributed by atoms with E-state index in [1.165, 1.54) is 0 Å². The zero-order chi connectivity index (χ0) is 11.8. The fourth-order valence-corrected chi connectivity index (χ4v) is 1.13. The molecule has 0 heterocycles. The van der Waals surface area contributed by atoms with Crippen molar-refractivity contribution < 1.29 is 19.1 Å². The largest absolute Gasteiger partial charge is 0.462 e. The molecule has 0 unspecified atom stereocenters. The molecule has 0 aliphatic carbocycles. The molecule has 86 valence electrons. The second-order valence-electron chi connectivity index (χ2n) is 2.89. The molecule has 0 atom stereocenters. The topological polar surface area (TPSA) is 64.6 Å². The first-order valence-corrected chi connectivity index (χ1v) is 4.84. The lowest BCUT2D eigenvalue weighted by Gasteiger charge is -2.06. The lowest BCUT2D eigenvalue weighted by atomic mass is 10.2. The van der Waals surface area contributed by atoms with Crippen LogP contribution in [-0.2, 0) is 14.3 Å². The van der Waals surface area contributed by atoms with Gasteiger partial charge in [-0.15, -0.1) is 0 Å². The maximum Gasteiger partial charge on any atom is 0.338 e. The predicted molar refractivity (Wildman–Crippen MR) is 58.0 cm³/mol. The van der Waals surface area contributed by atoms with Gasteiger partial charge in [0.25, 0.3) is 6.47 Å². The molecule has 0 bridgehead atoms. The van der Waals surface area contributed by atoms with Crippen molar-refractivity contribution in [2.45, 2.75) is 6.92 Å². The van der Waals surface area contributed by atoms with Crippen LogP contribution in [0.15, 0.2) is 24.3 Å². The molecule has 0 saturated carbocycles. The van der Waals surface area contributed by atoms with Crippen LogP contribution in [0.3, 0.4) is 0 Å². The van der Waals surface area contributed by atoms with Crippen molar-refractivity contribution in [2.24, 2.45) is 0 Å². The highest BCUT2D eigenvalue weighted by Crippen LogP contribution is 2.11. The quantitative estimate of drug-likeness (QED) is 0.342. The summed E-state index contributed by atoms with van der Waals surface area (Å²) < 4.78 is 9.33. The van der Waals surface area contributed by atoms with Gasteiger partial charge in [-0.2, -0.15) is 0 Å². The Kier molecular flexibility index (Phi) is 4.85. The minimum atomic E-state index is -0.373. The lowest BCUT2D eigenvalue weighted by Crippen LogP contribution is -2.07. The second kappa shape index (κ2) is 6.44. The number of benzene rings is 1. The van der Waals surface area contributed by atoms with Gasteiger partial charge in [0.2, 0.25) is 0 Å². The van der Waals surface area contributed by atoms with E-state index in [1.807, 2.05) is 0 Å². The van der Waals surface area contributed by atoms with E-state index in [0.717, 1.165) is 0 Å². The van der Waals surface area contributed by atoms with Crippen LogP contribution in [0.2, 0.25) is 0 Å². The van der Waals surface area contributed by atoms with Gasteiger partial charge in [-0.1, -0.05) is 6.07 Å². The average molecular weight is 223 g/mol. The van der Waals surface area contributed by atoms with Crippen molar-refractivity contribution in [1.29, 1.82) is 0 Å². The highest BCUT2D eigenvalue weighted by atomic mass is 16.5. The van der Waals surface area contributed by atoms with Gasteiger partial charge in [0, 0.05) is 5.69 Å². The summed E-state index contributed by atoms with van der Waals surface area (Å²) in [6, 6.07) is 6.77. The number of nitrogens with one attached hydrogen (secondary N) is 1. The lowest BCUT2D eigenvalue weighted by molar-refractivity contribution is -0.127. The monoisotopic (exact) mass is 223 g/mol. The third-order valence-electron chi connectivity index (χ3n) is 1.80. The smallest absolute Gasteiger partial charge is 0.338 e. The number of carbonyl (C=O) groups is 2. The molecule has 0 radical (unpaired) electrons. The summed E-state index contributed by atoms with van der Waals surface area (Å²) in [7, 11) is 0. The third kappa shape index (κ3) is 3.61. The van der Waals surface area contributed by atoms with E-state index in [2.05, 4.69) is 10.1 Å². The van der Waals surface area contributed by atoms with Crippen LogP contribution in [-0.4, -0.2) is 25.8 Å². The van der Waals surface area contributed by atoms with Crippen molar-refractivity contribution in [3.05, 3.63) is 29.8 Å². The van der Waals surface area contributed by atoms with Gasteiger partial charge in [-0.3, -0.25) is 4.79 Å². The van der Waals surface area contributed by atoms with Crippen molar-refractivity contribution in [2.75, 3.05) is 18.7 Å². The molecular formula is C11H13NO4. The molecule has 0 aromatic heterocycles. The number of ether oxygens (including phenoxy) is 2. The molecule has 0 saturated heterocycles. The standard InChI is InChI=1S/C11H13NO4/c1-2-16-11(14)9-4-3-5-10(6-9)12-7-15-8-13/h3-6,8,12H,2,7H2,1H3. The number of hydrogen-bond acceptors (Lipinski definition) is 5. The summed E-state index contributed by atoms with van der Waals surface area (Å²) >= 11 is 0. The van der Waals surface area contributed by atoms with Gasteiger partial charge in [0.1, 0.15) is 0 Å². The molecule has 1 aromatic rings. The first kappa shape index (κ1) is 12.0. The average Bonchev–Trinajstić information content (AvgIpc) is 2.30. The van der Waals surface area contributed by atoms with E-state index in [1.54, 1.807) is 31.2 Å². The summed E-state index contributed by atoms with van der Waals surface area (Å²) in [5.41, 5.74) is 1.14. The first-order chi connectivity index (χ1) is 7.77. The molecule has 1 rings (SSSR count). The third-order valence-corrected chi connectivity index (χ3v) is 1.80. The SMILES string of the molecule is CCOC(=O)c1cccc(NCOC=O)c1. The number of rotatable bonds is 6. The van der Waals surface area contributed by atoms with Crippen LogP contribution < -0.4 is 5.32 Å². The van der Waals surface area contributed by atoms with Crippen molar-refractivity contribution in [3.8, 4) is 0 Å². The van der Waals surface area contributed by atoms with Gasteiger partial charge in [-0.25, -0.2) is 4.79 Å². The molecule has 16 heavy (non-hydrogen) atoms. The van der Waals surface area contributed by atoms with E-state index < -0.39 is 0 Å². The molecule has 5 nitrogen and oxygen atoms in total. The number of esters is 1. The first-order valence-electron chi connectivity index (χ1n) is 4.84. The van der Waals surface area contributed by atoms with Gasteiger partial charge in [-0.05, 0) is 25.1 Å². The Morgan fingerprint density at radius 3 is 3.00 bits per heavy atom. The Morgan fingerprint density at radius 1 is 1.50 bits per heavy atom. The number of hydrogen-bond donors (Lipinski definition) is 1. The van der Waals surface area contributed by atoms with E-state index in [9.17, 15) is 9.59 Å². The van der Waals surface area contributed by atoms with E-state index in [4.69, 9.17) is 4.74 Å². The Balaban J connectivity index is 2.63. The van der Waals surface area contributed by atoms with E-state index in [0.29, 0.717) is 24.3 Å². The molecule has 0 aliphatic rings. The summed E-state index contributed by atoms with van der Waals surface area (Å²) in [6.07, 6.45) is 0. The fourth-order valence-electron chi connectivity index (χ4n) is 1.13. The second-order valence-corrected chi connectivity index (χ2v) is 2.89. The fraction of sp³-hybridized carbons (Fsp3) is 0.273. The van der Waals surface area contributed by atoms with Gasteiger partial charge in [0.15, 0.2) is 6.73 Å². The van der Waals surface area contributed by atoms with Crippen LogP contribution in [0.25, 0.3) is 0 Å². The molecule has 0 spiro atoms. The molecule has 0 fully saturated rings. The Bertz CT molecular complexity index is 365. The summed E-state index contributed by atoms with van der Waals surface area (Å²) in [5.74, 6) is -0.373. The maximum absolute atomic E-state index is 11.4. The summed E-state index contributed by atoms with van der Waals surface area (Å²) in [4.78, 5) is 21.3. The van der Waals surface area contributed by atoms with Crippen LogP contribution >= 0.6 is 0 Å². The summed E-state index contributed by atoms with van der Waals surface area (Å²) in [5, 5.41) is 2.82. The minimum Gasteiger partial charge on any atom is -0.462 e. The molecule has 0 aliphatic heterocycles. The van der Waals surface area contributed by atoms with Crippen LogP contribution in [0.5, 0.6) is 0 Å². The van der Waals surface area contributed by atoms with Gasteiger partial charge in [0.05, 0.1) is 12.2 Å². The highest BCUT2D eigenvalue weighted by molar-refractivity contribution is 5.90. The van der Waals surface area contributed by atoms with Crippen LogP contribution in [0.4, 0.5) is 5.69 Å². The summed E-state index contributed by atoms with van der Waals surface area (Å²) in [6.45, 7) is 2.50. The molecule has 5 heteroatoms. The van der Waals surface area contributed by atoms with Gasteiger partial charge >= 0.3 is 5.97 Å². The molecular weight excluding hydrogens is 210 g/mol. The number of carbonyl (C=O) groups excluding carboxylic acids is 2. The molecule has 1 aromatic carbocycles. The van der Waals surface area contributed by atoms with Crippen LogP contribution in [0, 0.1) is 0 Å². The van der Waals surface area contributed by atoms with E-state index >= 15 is 0 Å². The normalized spacial score (nSPS) is 9.31.